The lowest BCUT2D eigenvalue weighted by atomic mass is 9.97. The van der Waals surface area contributed by atoms with Gasteiger partial charge in [0, 0.05) is 38.3 Å². The van der Waals surface area contributed by atoms with Crippen molar-refractivity contribution in [1.29, 1.82) is 0 Å². The molecule has 1 N–H and O–H groups in total. The first-order valence-corrected chi connectivity index (χ1v) is 11.4. The molecule has 0 unspecified atom stereocenters. The molecule has 2 heterocycles. The number of benzene rings is 2. The molecule has 1 amide bonds. The van der Waals surface area contributed by atoms with Gasteiger partial charge in [-0.25, -0.2) is 0 Å². The van der Waals surface area contributed by atoms with Crippen LogP contribution in [0.15, 0.2) is 67.0 Å². The summed E-state index contributed by atoms with van der Waals surface area (Å²) in [7, 11) is 0. The fourth-order valence-corrected chi connectivity index (χ4v) is 4.01. The number of carbonyl (C=O) groups excluding carboxylic acids is 1. The molecule has 1 aliphatic rings. The lowest BCUT2D eigenvalue weighted by molar-refractivity contribution is -0.141. The summed E-state index contributed by atoms with van der Waals surface area (Å²) >= 11 is 0. The molecule has 0 saturated heterocycles. The van der Waals surface area contributed by atoms with Crippen molar-refractivity contribution in [2.45, 2.75) is 25.8 Å². The van der Waals surface area contributed by atoms with Crippen LogP contribution in [-0.4, -0.2) is 53.2 Å². The Bertz CT molecular complexity index is 1130. The van der Waals surface area contributed by atoms with Gasteiger partial charge >= 0.3 is 5.97 Å². The Balaban J connectivity index is 1.61. The third-order valence-corrected chi connectivity index (χ3v) is 5.73. The maximum Gasteiger partial charge on any atom is 0.303 e. The average Bonchev–Trinajstić information content (AvgIpc) is 2.85. The summed E-state index contributed by atoms with van der Waals surface area (Å²) in [5.74, 6) is -0.336. The second kappa shape index (κ2) is 11.4. The quantitative estimate of drug-likeness (QED) is 0.634. The van der Waals surface area contributed by atoms with Crippen molar-refractivity contribution in [3.63, 3.8) is 0 Å². The number of carboxylic acids is 1. The molecule has 0 radical (unpaired) electrons. The number of rotatable bonds is 4. The van der Waals surface area contributed by atoms with Crippen molar-refractivity contribution in [2.24, 2.45) is 0 Å². The summed E-state index contributed by atoms with van der Waals surface area (Å²) in [6, 6.07) is 18.3. The van der Waals surface area contributed by atoms with Gasteiger partial charge in [0.05, 0.1) is 19.6 Å². The van der Waals surface area contributed by atoms with E-state index < -0.39 is 5.97 Å². The Hall–Kier alpha value is -3.71. The lowest BCUT2D eigenvalue weighted by Crippen LogP contribution is -2.34. The van der Waals surface area contributed by atoms with Crippen LogP contribution in [0.1, 0.15) is 29.5 Å². The fraction of sp³-hybridized carbons (Fsp3) is 0.296. The highest BCUT2D eigenvalue weighted by Crippen LogP contribution is 2.29. The predicted molar refractivity (Wildman–Crippen MR) is 128 cm³/mol. The molecular weight excluding hydrogens is 432 g/mol. The van der Waals surface area contributed by atoms with Crippen LogP contribution in [0.5, 0.6) is 5.75 Å². The van der Waals surface area contributed by atoms with E-state index in [-0.39, 0.29) is 18.7 Å². The van der Waals surface area contributed by atoms with E-state index in [4.69, 9.17) is 14.6 Å². The summed E-state index contributed by atoms with van der Waals surface area (Å²) in [5.41, 5.74) is 5.35. The highest BCUT2D eigenvalue weighted by molar-refractivity contribution is 5.80. The SMILES string of the molecule is O=C(O)CCC(=O)N1CCOCCOc2ccc(-c3ccncc3)cc2Cc2cccc(c2)C1. The van der Waals surface area contributed by atoms with Crippen molar-refractivity contribution in [1.82, 2.24) is 9.88 Å². The van der Waals surface area contributed by atoms with Gasteiger partial charge in [-0.05, 0) is 52.1 Å². The first-order valence-electron chi connectivity index (χ1n) is 11.4. The second-order valence-corrected chi connectivity index (χ2v) is 8.22. The van der Waals surface area contributed by atoms with E-state index in [0.717, 1.165) is 33.6 Å². The van der Waals surface area contributed by atoms with Gasteiger partial charge in [0.25, 0.3) is 0 Å². The topological polar surface area (TPSA) is 89.0 Å². The largest absolute Gasteiger partial charge is 0.491 e. The maximum atomic E-state index is 12.7. The van der Waals surface area contributed by atoms with Gasteiger partial charge in [-0.1, -0.05) is 30.3 Å². The van der Waals surface area contributed by atoms with Crippen LogP contribution in [0, 0.1) is 0 Å². The molecule has 1 aliphatic heterocycles. The highest BCUT2D eigenvalue weighted by Gasteiger charge is 2.16. The number of hydrogen-bond donors (Lipinski definition) is 1. The molecule has 7 heteroatoms. The van der Waals surface area contributed by atoms with E-state index in [0.29, 0.717) is 39.3 Å². The standard InChI is InChI=1S/C27H28N2O5/c30-26(6-7-27(31)32)29-12-13-33-14-15-34-25-5-4-23(22-8-10-28-11-9-22)18-24(25)17-20-2-1-3-21(16-20)19-29/h1-5,8-11,16,18H,6-7,12-15,17,19H2,(H,31,32). The van der Waals surface area contributed by atoms with Gasteiger partial charge < -0.3 is 19.5 Å². The Labute approximate surface area is 199 Å². The number of nitrogens with zero attached hydrogens (tertiary/aromatic N) is 2. The van der Waals surface area contributed by atoms with E-state index in [1.54, 1.807) is 17.3 Å². The van der Waals surface area contributed by atoms with Crippen molar-refractivity contribution < 1.29 is 24.2 Å². The van der Waals surface area contributed by atoms with Crippen LogP contribution >= 0.6 is 0 Å². The average molecular weight is 461 g/mol. The summed E-state index contributed by atoms with van der Waals surface area (Å²) < 4.78 is 11.8. The summed E-state index contributed by atoms with van der Waals surface area (Å²) in [6.45, 7) is 1.96. The van der Waals surface area contributed by atoms with E-state index in [1.165, 1.54) is 0 Å². The maximum absolute atomic E-state index is 12.7. The normalized spacial score (nSPS) is 14.4. The third kappa shape index (κ3) is 6.42. The van der Waals surface area contributed by atoms with Crippen LogP contribution in [-0.2, 0) is 27.3 Å². The molecule has 7 nitrogen and oxygen atoms in total. The second-order valence-electron chi connectivity index (χ2n) is 8.22. The van der Waals surface area contributed by atoms with Gasteiger partial charge in [0.2, 0.25) is 5.91 Å². The minimum absolute atomic E-state index is 0.0245. The Morgan fingerprint density at radius 2 is 1.74 bits per heavy atom. The number of aliphatic carboxylic acids is 1. The predicted octanol–water partition coefficient (Wildman–Crippen LogP) is 3.94. The Kier molecular flexibility index (Phi) is 7.88. The zero-order chi connectivity index (χ0) is 23.8. The summed E-state index contributed by atoms with van der Waals surface area (Å²) in [6.07, 6.45) is 4.03. The number of amides is 1. The zero-order valence-electron chi connectivity index (χ0n) is 19.0. The van der Waals surface area contributed by atoms with E-state index >= 15 is 0 Å². The number of hydrogen-bond acceptors (Lipinski definition) is 5. The number of aromatic nitrogens is 1. The van der Waals surface area contributed by atoms with E-state index in [1.807, 2.05) is 30.3 Å². The van der Waals surface area contributed by atoms with E-state index in [2.05, 4.69) is 29.2 Å². The first kappa shape index (κ1) is 23.4. The van der Waals surface area contributed by atoms with Crippen molar-refractivity contribution in [2.75, 3.05) is 26.4 Å². The van der Waals surface area contributed by atoms with Gasteiger partial charge in [-0.2, -0.15) is 0 Å². The highest BCUT2D eigenvalue weighted by atomic mass is 16.5. The molecule has 4 rings (SSSR count). The molecule has 1 aromatic heterocycles. The monoisotopic (exact) mass is 460 g/mol. The van der Waals surface area contributed by atoms with Crippen molar-refractivity contribution in [3.05, 3.63) is 83.7 Å². The first-order chi connectivity index (χ1) is 16.6. The van der Waals surface area contributed by atoms with E-state index in [9.17, 15) is 9.59 Å². The number of carboxylic acid groups (broad SMARTS) is 1. The molecule has 0 fully saturated rings. The molecular formula is C27H28N2O5. The van der Waals surface area contributed by atoms with Crippen LogP contribution < -0.4 is 4.74 Å². The van der Waals surface area contributed by atoms with Crippen LogP contribution in [0.4, 0.5) is 0 Å². The molecule has 2 bridgehead atoms. The molecule has 34 heavy (non-hydrogen) atoms. The van der Waals surface area contributed by atoms with Gasteiger partial charge in [-0.3, -0.25) is 14.6 Å². The number of ether oxygens (including phenoxy) is 2. The van der Waals surface area contributed by atoms with Crippen LogP contribution in [0.25, 0.3) is 11.1 Å². The lowest BCUT2D eigenvalue weighted by Gasteiger charge is -2.23. The molecule has 2 aromatic carbocycles. The molecule has 0 spiro atoms. The molecule has 176 valence electrons. The smallest absolute Gasteiger partial charge is 0.303 e. The minimum Gasteiger partial charge on any atom is -0.491 e. The van der Waals surface area contributed by atoms with Gasteiger partial charge in [0.15, 0.2) is 0 Å². The molecule has 0 atom stereocenters. The molecule has 0 saturated carbocycles. The van der Waals surface area contributed by atoms with Gasteiger partial charge in [0.1, 0.15) is 12.4 Å². The molecule has 0 aliphatic carbocycles. The van der Waals surface area contributed by atoms with Crippen molar-refractivity contribution in [3.8, 4) is 16.9 Å². The van der Waals surface area contributed by atoms with Crippen LogP contribution in [0.3, 0.4) is 0 Å². The van der Waals surface area contributed by atoms with Crippen LogP contribution in [0.2, 0.25) is 0 Å². The number of pyridine rings is 1. The Morgan fingerprint density at radius 1 is 0.912 bits per heavy atom. The van der Waals surface area contributed by atoms with Crippen molar-refractivity contribution >= 4 is 11.9 Å². The summed E-state index contributed by atoms with van der Waals surface area (Å²) in [5, 5.41) is 8.94. The molecule has 3 aromatic rings. The fourth-order valence-electron chi connectivity index (χ4n) is 4.01. The number of fused-ring (bicyclic) bond motifs is 3. The number of carbonyl (C=O) groups is 2. The zero-order valence-corrected chi connectivity index (χ0v) is 19.0. The summed E-state index contributed by atoms with van der Waals surface area (Å²) in [4.78, 5) is 29.3. The third-order valence-electron chi connectivity index (χ3n) is 5.73. The van der Waals surface area contributed by atoms with Gasteiger partial charge in [-0.15, -0.1) is 0 Å². The Morgan fingerprint density at radius 3 is 2.56 bits per heavy atom. The minimum atomic E-state index is -0.976.